The van der Waals surface area contributed by atoms with Gasteiger partial charge in [0.25, 0.3) is 10.0 Å². The lowest BCUT2D eigenvalue weighted by molar-refractivity contribution is 0.0971. The average Bonchev–Trinajstić information content (AvgIpc) is 2.87. The molecule has 1 aromatic carbocycles. The van der Waals surface area contributed by atoms with Gasteiger partial charge in [0, 0.05) is 18.4 Å². The van der Waals surface area contributed by atoms with E-state index in [1.807, 2.05) is 13.8 Å². The number of Topliss-reactive ketones (excluding diaryl/α,β-unsaturated/α-hetero) is 1. The Kier molecular flexibility index (Phi) is 3.80. The van der Waals surface area contributed by atoms with E-state index < -0.39 is 10.0 Å². The quantitative estimate of drug-likeness (QED) is 0.895. The van der Waals surface area contributed by atoms with Crippen LogP contribution in [0.4, 0.5) is 5.82 Å². The van der Waals surface area contributed by atoms with Crippen molar-refractivity contribution in [2.75, 3.05) is 4.72 Å². The first-order valence-electron chi connectivity index (χ1n) is 8.61. The number of hydrogen-bond donors (Lipinski definition) is 1. The van der Waals surface area contributed by atoms with Crippen LogP contribution in [-0.2, 0) is 22.9 Å². The summed E-state index contributed by atoms with van der Waals surface area (Å²) < 4.78 is 33.8. The summed E-state index contributed by atoms with van der Waals surface area (Å²) in [5, 5.41) is 0. The first-order chi connectivity index (χ1) is 12.2. The molecule has 2 aliphatic rings. The lowest BCUT2D eigenvalue weighted by Crippen LogP contribution is -2.24. The molecule has 7 heteroatoms. The highest BCUT2D eigenvalue weighted by Gasteiger charge is 2.31. The molecule has 0 saturated carbocycles. The van der Waals surface area contributed by atoms with Gasteiger partial charge >= 0.3 is 0 Å². The minimum Gasteiger partial charge on any atom is -0.487 e. The topological polar surface area (TPSA) is 85.4 Å². The lowest BCUT2D eigenvalue weighted by Gasteiger charge is -2.16. The van der Waals surface area contributed by atoms with Crippen molar-refractivity contribution >= 4 is 21.6 Å². The minimum atomic E-state index is -3.77. The highest BCUT2D eigenvalue weighted by Crippen LogP contribution is 2.36. The van der Waals surface area contributed by atoms with Gasteiger partial charge in [0.05, 0.1) is 10.6 Å². The van der Waals surface area contributed by atoms with Crippen molar-refractivity contribution in [2.45, 2.75) is 50.0 Å². The number of nitrogens with zero attached hydrogens (tertiary/aromatic N) is 1. The number of sulfonamides is 1. The molecule has 1 aliphatic carbocycles. The van der Waals surface area contributed by atoms with E-state index in [2.05, 4.69) is 9.71 Å². The Hall–Kier alpha value is -2.41. The number of carbonyl (C=O) groups excluding carboxylic acids is 1. The molecule has 136 valence electrons. The van der Waals surface area contributed by atoms with Crippen LogP contribution in [0, 0.1) is 0 Å². The largest absolute Gasteiger partial charge is 0.487 e. The molecule has 0 saturated heterocycles. The number of aromatic nitrogens is 1. The van der Waals surface area contributed by atoms with Crippen molar-refractivity contribution in [1.82, 2.24) is 4.98 Å². The van der Waals surface area contributed by atoms with Gasteiger partial charge in [0.2, 0.25) is 0 Å². The molecule has 0 fully saturated rings. The molecule has 2 aromatic rings. The van der Waals surface area contributed by atoms with Crippen LogP contribution >= 0.6 is 0 Å². The summed E-state index contributed by atoms with van der Waals surface area (Å²) >= 11 is 0. The van der Waals surface area contributed by atoms with Crippen LogP contribution in [0.2, 0.25) is 0 Å². The van der Waals surface area contributed by atoms with E-state index in [9.17, 15) is 13.2 Å². The Morgan fingerprint density at radius 3 is 2.77 bits per heavy atom. The number of benzene rings is 1. The number of anilines is 1. The summed E-state index contributed by atoms with van der Waals surface area (Å²) in [5.41, 5.74) is 1.80. The zero-order chi connectivity index (χ0) is 18.5. The molecule has 0 amide bonds. The van der Waals surface area contributed by atoms with Gasteiger partial charge in [-0.15, -0.1) is 0 Å². The van der Waals surface area contributed by atoms with Crippen LogP contribution in [0.15, 0.2) is 35.2 Å². The Morgan fingerprint density at radius 2 is 1.96 bits per heavy atom. The van der Waals surface area contributed by atoms with Gasteiger partial charge in [-0.3, -0.25) is 9.52 Å². The van der Waals surface area contributed by atoms with Crippen LogP contribution in [0.1, 0.15) is 48.3 Å². The minimum absolute atomic E-state index is 0.0643. The third-order valence-corrected chi connectivity index (χ3v) is 6.03. The normalized spacial score (nSPS) is 18.0. The predicted octanol–water partition coefficient (Wildman–Crippen LogP) is 3.11. The molecular formula is C19H20N2O4S. The van der Waals surface area contributed by atoms with Crippen LogP contribution in [-0.4, -0.2) is 24.8 Å². The van der Waals surface area contributed by atoms with Crippen LogP contribution in [0.5, 0.6) is 5.75 Å². The van der Waals surface area contributed by atoms with Gasteiger partial charge in [0.1, 0.15) is 17.2 Å². The second-order valence-corrected chi connectivity index (χ2v) is 9.06. The van der Waals surface area contributed by atoms with Crippen LogP contribution < -0.4 is 9.46 Å². The van der Waals surface area contributed by atoms with E-state index in [0.29, 0.717) is 30.5 Å². The summed E-state index contributed by atoms with van der Waals surface area (Å²) in [6.45, 7) is 3.94. The fraction of sp³-hybridized carbons (Fsp3) is 0.368. The SMILES string of the molecule is CC1(C)Cc2cc(S(=O)(=O)Nc3ccc4c(n3)CCCC4=O)ccc2O1. The van der Waals surface area contributed by atoms with Crippen molar-refractivity contribution in [3.05, 3.63) is 47.2 Å². The van der Waals surface area contributed by atoms with Gasteiger partial charge in [0.15, 0.2) is 5.78 Å². The molecule has 1 N–H and O–H groups in total. The van der Waals surface area contributed by atoms with Crippen molar-refractivity contribution in [2.24, 2.45) is 0 Å². The van der Waals surface area contributed by atoms with Crippen molar-refractivity contribution in [1.29, 1.82) is 0 Å². The summed E-state index contributed by atoms with van der Waals surface area (Å²) in [7, 11) is -3.77. The molecule has 0 radical (unpaired) electrons. The first kappa shape index (κ1) is 17.0. The fourth-order valence-electron chi connectivity index (χ4n) is 3.50. The highest BCUT2D eigenvalue weighted by atomic mass is 32.2. The van der Waals surface area contributed by atoms with Gasteiger partial charge < -0.3 is 4.74 Å². The van der Waals surface area contributed by atoms with E-state index in [4.69, 9.17) is 4.74 Å². The second-order valence-electron chi connectivity index (χ2n) is 7.38. The van der Waals surface area contributed by atoms with E-state index in [-0.39, 0.29) is 22.1 Å². The Balaban J connectivity index is 1.62. The van der Waals surface area contributed by atoms with Gasteiger partial charge in [-0.1, -0.05) is 0 Å². The standard InChI is InChI=1S/C19H20N2O4S/c1-19(2)11-12-10-13(6-8-17(12)25-19)26(23,24)21-18-9-7-14-15(20-18)4-3-5-16(14)22/h6-10H,3-5,11H2,1-2H3,(H,20,21). The number of carbonyl (C=O) groups is 1. The van der Waals surface area contributed by atoms with Gasteiger partial charge in [-0.05, 0) is 62.6 Å². The maximum atomic E-state index is 12.7. The van der Waals surface area contributed by atoms with E-state index in [0.717, 1.165) is 17.7 Å². The molecule has 1 aromatic heterocycles. The maximum absolute atomic E-state index is 12.7. The molecule has 6 nitrogen and oxygen atoms in total. The molecule has 0 bridgehead atoms. The van der Waals surface area contributed by atoms with E-state index in [1.165, 1.54) is 6.07 Å². The number of pyridine rings is 1. The molecule has 0 atom stereocenters. The van der Waals surface area contributed by atoms with Crippen molar-refractivity contribution < 1.29 is 17.9 Å². The number of rotatable bonds is 3. The van der Waals surface area contributed by atoms with Gasteiger partial charge in [-0.2, -0.15) is 0 Å². The molecule has 2 heterocycles. The van der Waals surface area contributed by atoms with Crippen molar-refractivity contribution in [3.8, 4) is 5.75 Å². The highest BCUT2D eigenvalue weighted by molar-refractivity contribution is 7.92. The first-order valence-corrected chi connectivity index (χ1v) is 10.1. The maximum Gasteiger partial charge on any atom is 0.263 e. The number of ketones is 1. The summed E-state index contributed by atoms with van der Waals surface area (Å²) in [5.74, 6) is 1.02. The van der Waals surface area contributed by atoms with Crippen LogP contribution in [0.3, 0.4) is 0 Å². The monoisotopic (exact) mass is 372 g/mol. The smallest absolute Gasteiger partial charge is 0.263 e. The number of aryl methyl sites for hydroxylation is 1. The average molecular weight is 372 g/mol. The lowest BCUT2D eigenvalue weighted by atomic mass is 9.95. The molecule has 26 heavy (non-hydrogen) atoms. The van der Waals surface area contributed by atoms with Gasteiger partial charge in [-0.25, -0.2) is 13.4 Å². The molecule has 1 aliphatic heterocycles. The molecule has 4 rings (SSSR count). The van der Waals surface area contributed by atoms with E-state index >= 15 is 0 Å². The zero-order valence-corrected chi connectivity index (χ0v) is 15.5. The third kappa shape index (κ3) is 3.07. The Labute approximate surface area is 152 Å². The van der Waals surface area contributed by atoms with E-state index in [1.54, 1.807) is 24.3 Å². The predicted molar refractivity (Wildman–Crippen MR) is 97.2 cm³/mol. The number of ether oxygens (including phenoxy) is 1. The summed E-state index contributed by atoms with van der Waals surface area (Å²) in [4.78, 5) is 16.4. The Bertz CT molecular complexity index is 1010. The Morgan fingerprint density at radius 1 is 1.15 bits per heavy atom. The number of fused-ring (bicyclic) bond motifs is 2. The molecule has 0 spiro atoms. The summed E-state index contributed by atoms with van der Waals surface area (Å²) in [6, 6.07) is 8.07. The number of hydrogen-bond acceptors (Lipinski definition) is 5. The van der Waals surface area contributed by atoms with Crippen LogP contribution in [0.25, 0.3) is 0 Å². The number of nitrogens with one attached hydrogen (secondary N) is 1. The fourth-order valence-corrected chi connectivity index (χ4v) is 4.55. The van der Waals surface area contributed by atoms with Crippen molar-refractivity contribution in [3.63, 3.8) is 0 Å². The second kappa shape index (κ2) is 5.81. The molecule has 0 unspecified atom stereocenters. The zero-order valence-electron chi connectivity index (χ0n) is 14.7. The summed E-state index contributed by atoms with van der Waals surface area (Å²) in [6.07, 6.45) is 2.61. The third-order valence-electron chi connectivity index (χ3n) is 4.68. The molecular weight excluding hydrogens is 352 g/mol.